The summed E-state index contributed by atoms with van der Waals surface area (Å²) in [6, 6.07) is 8.31. The third-order valence-electron chi connectivity index (χ3n) is 1.78. The highest BCUT2D eigenvalue weighted by atomic mass is 16.5. The third kappa shape index (κ3) is 3.88. The van der Waals surface area contributed by atoms with Gasteiger partial charge in [-0.2, -0.15) is 5.26 Å². The molecule has 0 aliphatic heterocycles. The zero-order valence-corrected chi connectivity index (χ0v) is 8.64. The summed E-state index contributed by atoms with van der Waals surface area (Å²) in [5.74, 6) is -0.0660. The molecule has 0 fully saturated rings. The molecule has 2 N–H and O–H groups in total. The first-order valence-corrected chi connectivity index (χ1v) is 4.78. The van der Waals surface area contributed by atoms with Gasteiger partial charge in [0.15, 0.2) is 18.1 Å². The van der Waals surface area contributed by atoms with Gasteiger partial charge in [-0.25, -0.2) is 0 Å². The van der Waals surface area contributed by atoms with Gasteiger partial charge in [-0.05, 0) is 12.1 Å². The minimum atomic E-state index is -0.321. The molecule has 0 heterocycles. The van der Waals surface area contributed by atoms with E-state index in [9.17, 15) is 9.90 Å². The molecule has 0 saturated carbocycles. The molecule has 16 heavy (non-hydrogen) atoms. The van der Waals surface area contributed by atoms with E-state index in [0.717, 1.165) is 0 Å². The molecule has 0 aromatic heterocycles. The number of nitrogens with one attached hydrogen (secondary N) is 1. The number of rotatable bonds is 5. The minimum Gasteiger partial charge on any atom is -0.504 e. The number of ether oxygens (including phenoxy) is 1. The van der Waals surface area contributed by atoms with Crippen LogP contribution in [0.1, 0.15) is 6.42 Å². The summed E-state index contributed by atoms with van der Waals surface area (Å²) in [4.78, 5) is 11.2. The van der Waals surface area contributed by atoms with E-state index in [0.29, 0.717) is 6.54 Å². The topological polar surface area (TPSA) is 82.4 Å². The molecule has 0 spiro atoms. The monoisotopic (exact) mass is 220 g/mol. The second kappa shape index (κ2) is 6.30. The first-order chi connectivity index (χ1) is 7.74. The molecule has 0 bridgehead atoms. The first-order valence-electron chi connectivity index (χ1n) is 4.78. The number of carbonyl (C=O) groups excluding carboxylic acids is 1. The fourth-order valence-corrected chi connectivity index (χ4v) is 1.03. The summed E-state index contributed by atoms with van der Waals surface area (Å²) in [6.45, 7) is 0.127. The fourth-order valence-electron chi connectivity index (χ4n) is 1.03. The minimum absolute atomic E-state index is 0.00711. The SMILES string of the molecule is N#CCCNC(=O)COc1ccccc1O. The number of amides is 1. The van der Waals surface area contributed by atoms with Gasteiger partial charge in [0.1, 0.15) is 0 Å². The van der Waals surface area contributed by atoms with Gasteiger partial charge in [-0.1, -0.05) is 12.1 Å². The van der Waals surface area contributed by atoms with Crippen LogP contribution in [-0.2, 0) is 4.79 Å². The Balaban J connectivity index is 2.32. The highest BCUT2D eigenvalue weighted by Gasteiger charge is 2.04. The van der Waals surface area contributed by atoms with Crippen molar-refractivity contribution in [2.45, 2.75) is 6.42 Å². The van der Waals surface area contributed by atoms with Crippen molar-refractivity contribution in [3.05, 3.63) is 24.3 Å². The standard InChI is InChI=1S/C11H12N2O3/c12-6-3-7-13-11(15)8-16-10-5-2-1-4-9(10)14/h1-2,4-5,14H,3,7-8H2,(H,13,15). The number of nitriles is 1. The predicted molar refractivity (Wildman–Crippen MR) is 56.8 cm³/mol. The van der Waals surface area contributed by atoms with E-state index in [-0.39, 0.29) is 30.4 Å². The number of nitrogens with zero attached hydrogens (tertiary/aromatic N) is 1. The van der Waals surface area contributed by atoms with E-state index < -0.39 is 0 Å². The summed E-state index contributed by atoms with van der Waals surface area (Å²) >= 11 is 0. The molecule has 5 nitrogen and oxygen atoms in total. The van der Waals surface area contributed by atoms with Gasteiger partial charge >= 0.3 is 0 Å². The molecular weight excluding hydrogens is 208 g/mol. The van der Waals surface area contributed by atoms with Crippen molar-refractivity contribution < 1.29 is 14.6 Å². The fraction of sp³-hybridized carbons (Fsp3) is 0.273. The molecule has 0 saturated heterocycles. The highest BCUT2D eigenvalue weighted by Crippen LogP contribution is 2.23. The normalized spacial score (nSPS) is 9.19. The van der Waals surface area contributed by atoms with Crippen LogP contribution >= 0.6 is 0 Å². The average Bonchev–Trinajstić information content (AvgIpc) is 2.28. The molecule has 0 radical (unpaired) electrons. The summed E-state index contributed by atoms with van der Waals surface area (Å²) < 4.78 is 5.08. The predicted octanol–water partition coefficient (Wildman–Crippen LogP) is 0.801. The van der Waals surface area contributed by atoms with E-state index in [4.69, 9.17) is 10.00 Å². The summed E-state index contributed by atoms with van der Waals surface area (Å²) in [5, 5.41) is 20.1. The number of aromatic hydroxyl groups is 1. The van der Waals surface area contributed by atoms with Gasteiger partial charge in [-0.15, -0.1) is 0 Å². The maximum Gasteiger partial charge on any atom is 0.257 e. The Labute approximate surface area is 93.3 Å². The van der Waals surface area contributed by atoms with Gasteiger partial charge in [0.05, 0.1) is 12.5 Å². The number of hydrogen-bond donors (Lipinski definition) is 2. The number of phenolic OH excluding ortho intramolecular Hbond substituents is 1. The van der Waals surface area contributed by atoms with E-state index in [2.05, 4.69) is 5.32 Å². The molecule has 1 aromatic carbocycles. The van der Waals surface area contributed by atoms with Gasteiger partial charge < -0.3 is 15.2 Å². The number of hydrogen-bond acceptors (Lipinski definition) is 4. The Morgan fingerprint density at radius 1 is 1.50 bits per heavy atom. The van der Waals surface area contributed by atoms with Gasteiger partial charge in [0.25, 0.3) is 5.91 Å². The molecule has 1 aromatic rings. The lowest BCUT2D eigenvalue weighted by Gasteiger charge is -2.07. The molecule has 5 heteroatoms. The van der Waals surface area contributed by atoms with Crippen molar-refractivity contribution >= 4 is 5.91 Å². The van der Waals surface area contributed by atoms with Crippen LogP contribution in [0.2, 0.25) is 0 Å². The average molecular weight is 220 g/mol. The Bertz CT molecular complexity index is 398. The van der Waals surface area contributed by atoms with Crippen LogP contribution < -0.4 is 10.1 Å². The van der Waals surface area contributed by atoms with Crippen molar-refractivity contribution in [3.8, 4) is 17.6 Å². The highest BCUT2D eigenvalue weighted by molar-refractivity contribution is 5.77. The van der Waals surface area contributed by atoms with E-state index in [1.54, 1.807) is 18.2 Å². The van der Waals surface area contributed by atoms with Crippen molar-refractivity contribution in [2.24, 2.45) is 0 Å². The number of phenols is 1. The molecule has 0 unspecified atom stereocenters. The second-order valence-corrected chi connectivity index (χ2v) is 3.01. The molecule has 0 aliphatic carbocycles. The summed E-state index contributed by atoms with van der Waals surface area (Å²) in [7, 11) is 0. The van der Waals surface area contributed by atoms with E-state index >= 15 is 0 Å². The van der Waals surface area contributed by atoms with Crippen LogP contribution in [0.4, 0.5) is 0 Å². The van der Waals surface area contributed by atoms with E-state index in [1.165, 1.54) is 6.07 Å². The third-order valence-corrected chi connectivity index (χ3v) is 1.78. The van der Waals surface area contributed by atoms with Crippen LogP contribution in [0.15, 0.2) is 24.3 Å². The maximum atomic E-state index is 11.2. The van der Waals surface area contributed by atoms with Gasteiger partial charge in [-0.3, -0.25) is 4.79 Å². The quantitative estimate of drug-likeness (QED) is 0.719. The van der Waals surface area contributed by atoms with Crippen LogP contribution in [0, 0.1) is 11.3 Å². The van der Waals surface area contributed by atoms with Crippen molar-refractivity contribution in [1.29, 1.82) is 5.26 Å². The van der Waals surface area contributed by atoms with Crippen LogP contribution in [0.3, 0.4) is 0 Å². The zero-order valence-electron chi connectivity index (χ0n) is 8.64. The largest absolute Gasteiger partial charge is 0.504 e. The van der Waals surface area contributed by atoms with Gasteiger partial charge in [0.2, 0.25) is 0 Å². The number of para-hydroxylation sites is 2. The molecule has 84 valence electrons. The van der Waals surface area contributed by atoms with Crippen LogP contribution in [0.5, 0.6) is 11.5 Å². The Morgan fingerprint density at radius 3 is 2.94 bits per heavy atom. The Kier molecular flexibility index (Phi) is 4.67. The van der Waals surface area contributed by atoms with Gasteiger partial charge in [0, 0.05) is 6.54 Å². The van der Waals surface area contributed by atoms with Crippen LogP contribution in [0.25, 0.3) is 0 Å². The number of benzene rings is 1. The summed E-state index contributed by atoms with van der Waals surface area (Å²) in [6.07, 6.45) is 0.266. The van der Waals surface area contributed by atoms with Crippen molar-refractivity contribution in [3.63, 3.8) is 0 Å². The Morgan fingerprint density at radius 2 is 2.25 bits per heavy atom. The van der Waals surface area contributed by atoms with Crippen LogP contribution in [-0.4, -0.2) is 24.2 Å². The smallest absolute Gasteiger partial charge is 0.257 e. The number of carbonyl (C=O) groups is 1. The second-order valence-electron chi connectivity index (χ2n) is 3.01. The summed E-state index contributed by atoms with van der Waals surface area (Å²) in [5.41, 5.74) is 0. The Hall–Kier alpha value is -2.22. The van der Waals surface area contributed by atoms with Crippen molar-refractivity contribution in [1.82, 2.24) is 5.32 Å². The first kappa shape index (κ1) is 11.9. The lowest BCUT2D eigenvalue weighted by atomic mass is 10.3. The lowest BCUT2D eigenvalue weighted by molar-refractivity contribution is -0.123. The zero-order chi connectivity index (χ0) is 11.8. The van der Waals surface area contributed by atoms with Crippen molar-refractivity contribution in [2.75, 3.05) is 13.2 Å². The maximum absolute atomic E-state index is 11.2. The lowest BCUT2D eigenvalue weighted by Crippen LogP contribution is -2.29. The molecule has 0 atom stereocenters. The molecule has 1 rings (SSSR count). The molecular formula is C11H12N2O3. The molecule has 0 aliphatic rings. The van der Waals surface area contributed by atoms with E-state index in [1.807, 2.05) is 6.07 Å². The molecule has 1 amide bonds.